The average molecular weight is 221 g/mol. The fraction of sp³-hybridized carbons (Fsp3) is 1.00. The molecule has 14 heavy (non-hydrogen) atoms. The first kappa shape index (κ1) is 37.2. The first-order valence-electron chi connectivity index (χ1n) is 4.09. The van der Waals surface area contributed by atoms with Crippen molar-refractivity contribution in [1.82, 2.24) is 0 Å². The lowest BCUT2D eigenvalue weighted by Gasteiger charge is -2.34. The van der Waals surface area contributed by atoms with E-state index in [1.54, 1.807) is 0 Å². The van der Waals surface area contributed by atoms with Gasteiger partial charge in [0.05, 0.1) is 26.2 Å². The highest BCUT2D eigenvalue weighted by Crippen LogP contribution is 2.03. The number of hydrogen-bond donors (Lipinski definition) is 0. The molecule has 0 aliphatic heterocycles. The zero-order valence-corrected chi connectivity index (χ0v) is 9.65. The Bertz CT molecular complexity index is 64.2. The van der Waals surface area contributed by atoms with E-state index >= 15 is 0 Å². The molecule has 0 rings (SSSR count). The number of hydrogen-bond acceptors (Lipinski definition) is 0. The fourth-order valence-corrected chi connectivity index (χ4v) is 1.34. The molecule has 5 nitrogen and oxygen atoms in total. The second-order valence-electron chi connectivity index (χ2n) is 2.61. The van der Waals surface area contributed by atoms with Gasteiger partial charge in [0.25, 0.3) is 0 Å². The molecule has 0 heterocycles. The van der Waals surface area contributed by atoms with Crippen LogP contribution in [0.2, 0.25) is 0 Å². The normalized spacial score (nSPS) is 7.71. The summed E-state index contributed by atoms with van der Waals surface area (Å²) in [5.41, 5.74) is 0. The molecule has 6 heteroatoms. The quantitative estimate of drug-likeness (QED) is 0.425. The van der Waals surface area contributed by atoms with Crippen molar-refractivity contribution in [2.75, 3.05) is 26.2 Å². The molecule has 0 aliphatic rings. The van der Waals surface area contributed by atoms with Gasteiger partial charge in [-0.3, -0.25) is 0 Å². The second-order valence-corrected chi connectivity index (χ2v) is 2.61. The summed E-state index contributed by atoms with van der Waals surface area (Å²) in [7, 11) is 0. The van der Waals surface area contributed by atoms with E-state index in [-0.39, 0.29) is 26.6 Å². The maximum Gasteiger partial charge on any atom is 0.0757 e. The SMILES string of the molecule is CC[N+](CC)(CC)CC.O.O.O.O.[F-]. The van der Waals surface area contributed by atoms with Crippen molar-refractivity contribution in [1.29, 1.82) is 0 Å². The molecule has 0 radical (unpaired) electrons. The molecule has 0 amide bonds. The Labute approximate surface area is 85.9 Å². The zero-order valence-electron chi connectivity index (χ0n) is 9.65. The van der Waals surface area contributed by atoms with Gasteiger partial charge in [-0.05, 0) is 27.7 Å². The monoisotopic (exact) mass is 221 g/mol. The van der Waals surface area contributed by atoms with Crippen molar-refractivity contribution < 1.29 is 31.1 Å². The van der Waals surface area contributed by atoms with Crippen molar-refractivity contribution in [3.63, 3.8) is 0 Å². The maximum atomic E-state index is 2.27. The number of rotatable bonds is 4. The smallest absolute Gasteiger partial charge is 0.0757 e. The van der Waals surface area contributed by atoms with Crippen LogP contribution < -0.4 is 4.70 Å². The van der Waals surface area contributed by atoms with Gasteiger partial charge in [-0.15, -0.1) is 0 Å². The molecular weight excluding hydrogens is 193 g/mol. The Kier molecular flexibility index (Phi) is 49.2. The summed E-state index contributed by atoms with van der Waals surface area (Å²) >= 11 is 0. The van der Waals surface area contributed by atoms with Crippen LogP contribution in [0.3, 0.4) is 0 Å². The second kappa shape index (κ2) is 18.5. The Morgan fingerprint density at radius 2 is 0.714 bits per heavy atom. The molecule has 0 saturated carbocycles. The zero-order chi connectivity index (χ0) is 7.33. The molecule has 0 saturated heterocycles. The van der Waals surface area contributed by atoms with Gasteiger partial charge in [-0.1, -0.05) is 0 Å². The fourth-order valence-electron chi connectivity index (χ4n) is 1.34. The van der Waals surface area contributed by atoms with Gasteiger partial charge in [-0.25, -0.2) is 0 Å². The predicted octanol–water partition coefficient (Wildman–Crippen LogP) is -4.41. The van der Waals surface area contributed by atoms with E-state index in [2.05, 4.69) is 27.7 Å². The molecule has 0 unspecified atom stereocenters. The summed E-state index contributed by atoms with van der Waals surface area (Å²) in [5, 5.41) is 0. The van der Waals surface area contributed by atoms with E-state index in [9.17, 15) is 0 Å². The van der Waals surface area contributed by atoms with Crippen LogP contribution in [0.25, 0.3) is 0 Å². The summed E-state index contributed by atoms with van der Waals surface area (Å²) in [6.45, 7) is 14.2. The maximum absolute atomic E-state index is 2.27. The summed E-state index contributed by atoms with van der Waals surface area (Å²) in [6, 6.07) is 0. The van der Waals surface area contributed by atoms with E-state index in [4.69, 9.17) is 0 Å². The molecule has 0 aromatic heterocycles. The van der Waals surface area contributed by atoms with Crippen molar-refractivity contribution in [2.24, 2.45) is 0 Å². The number of quaternary nitrogens is 1. The molecule has 96 valence electrons. The van der Waals surface area contributed by atoms with Crippen molar-refractivity contribution >= 4 is 0 Å². The van der Waals surface area contributed by atoms with Crippen LogP contribution >= 0.6 is 0 Å². The van der Waals surface area contributed by atoms with Crippen LogP contribution in [0.5, 0.6) is 0 Å². The van der Waals surface area contributed by atoms with E-state index in [1.165, 1.54) is 30.7 Å². The number of nitrogens with zero attached hydrogens (tertiary/aromatic N) is 1. The van der Waals surface area contributed by atoms with Gasteiger partial charge in [-0.2, -0.15) is 0 Å². The minimum atomic E-state index is 0. The molecule has 0 aliphatic carbocycles. The summed E-state index contributed by atoms with van der Waals surface area (Å²) in [6.07, 6.45) is 0. The highest BCUT2D eigenvalue weighted by Gasteiger charge is 2.16. The predicted molar refractivity (Wildman–Crippen MR) is 56.9 cm³/mol. The molecular formula is C8H28FNO4. The Hall–Kier alpha value is -0.270. The standard InChI is InChI=1S/C8H20N.FH.4H2O/c1-5-9(6-2,7-3)8-4;;;;;/h5-8H2,1-4H3;1H;4*1H2/q+1;;;;;/p-1. The molecule has 8 N–H and O–H groups in total. The van der Waals surface area contributed by atoms with Crippen LogP contribution in [0.1, 0.15) is 27.7 Å². The van der Waals surface area contributed by atoms with E-state index in [1.807, 2.05) is 0 Å². The van der Waals surface area contributed by atoms with E-state index < -0.39 is 0 Å². The lowest BCUT2D eigenvalue weighted by atomic mass is 10.3. The van der Waals surface area contributed by atoms with Gasteiger partial charge < -0.3 is 31.1 Å². The third-order valence-electron chi connectivity index (χ3n) is 2.68. The Morgan fingerprint density at radius 1 is 0.571 bits per heavy atom. The van der Waals surface area contributed by atoms with E-state index in [0.29, 0.717) is 0 Å². The molecule has 0 atom stereocenters. The van der Waals surface area contributed by atoms with Gasteiger partial charge in [0.1, 0.15) is 0 Å². The van der Waals surface area contributed by atoms with E-state index in [0.717, 1.165) is 0 Å². The third-order valence-corrected chi connectivity index (χ3v) is 2.68. The van der Waals surface area contributed by atoms with Crippen LogP contribution in [0.15, 0.2) is 0 Å². The molecule has 0 bridgehead atoms. The Morgan fingerprint density at radius 3 is 0.714 bits per heavy atom. The molecule has 0 aromatic rings. The minimum absolute atomic E-state index is 0. The van der Waals surface area contributed by atoms with Crippen LogP contribution in [-0.2, 0) is 0 Å². The topological polar surface area (TPSA) is 126 Å². The lowest BCUT2D eigenvalue weighted by Crippen LogP contribution is -3.00. The average Bonchev–Trinajstić information content (AvgIpc) is 1.95. The van der Waals surface area contributed by atoms with Crippen molar-refractivity contribution in [3.05, 3.63) is 0 Å². The molecule has 0 aromatic carbocycles. The van der Waals surface area contributed by atoms with Gasteiger partial charge in [0, 0.05) is 0 Å². The highest BCUT2D eigenvalue weighted by atomic mass is 19.0. The molecule has 0 fully saturated rings. The first-order chi connectivity index (χ1) is 4.24. The summed E-state index contributed by atoms with van der Waals surface area (Å²) < 4.78 is 1.28. The molecule has 0 spiro atoms. The summed E-state index contributed by atoms with van der Waals surface area (Å²) in [5.74, 6) is 0. The van der Waals surface area contributed by atoms with Crippen molar-refractivity contribution in [3.8, 4) is 0 Å². The van der Waals surface area contributed by atoms with Gasteiger partial charge in [0.15, 0.2) is 0 Å². The highest BCUT2D eigenvalue weighted by molar-refractivity contribution is 4.31. The first-order valence-corrected chi connectivity index (χ1v) is 4.09. The number of halogens is 1. The van der Waals surface area contributed by atoms with Crippen LogP contribution in [0, 0.1) is 0 Å². The van der Waals surface area contributed by atoms with Crippen molar-refractivity contribution in [2.45, 2.75) is 27.7 Å². The lowest BCUT2D eigenvalue weighted by molar-refractivity contribution is -0.921. The minimum Gasteiger partial charge on any atom is -1.00 e. The van der Waals surface area contributed by atoms with Crippen LogP contribution in [0.4, 0.5) is 0 Å². The Balaban J connectivity index is -0.0000000320. The summed E-state index contributed by atoms with van der Waals surface area (Å²) in [4.78, 5) is 0. The largest absolute Gasteiger partial charge is 1.00 e. The van der Waals surface area contributed by atoms with Gasteiger partial charge in [0.2, 0.25) is 0 Å². The van der Waals surface area contributed by atoms with Crippen LogP contribution in [-0.4, -0.2) is 52.6 Å². The van der Waals surface area contributed by atoms with Gasteiger partial charge >= 0.3 is 0 Å². The third kappa shape index (κ3) is 9.82.